The topological polar surface area (TPSA) is 208 Å². The van der Waals surface area contributed by atoms with Crippen LogP contribution in [0.3, 0.4) is 0 Å². The first kappa shape index (κ1) is 34.2. The number of azide groups is 1. The molecule has 0 aromatic carbocycles. The molecule has 0 bridgehead atoms. The van der Waals surface area contributed by atoms with E-state index in [0.29, 0.717) is 0 Å². The maximum absolute atomic E-state index is 15.3. The Kier molecular flexibility index (Phi) is 11.1. The number of aliphatic hydroxyl groups is 1. The SMILES string of the molecule is C=C1NC(=O)C=CN1[C@@H]1O[C@](CN=[N+]=[N-])(COP(=O)(OCOC(=O)C(C)(C)C)OCOC(=O)C(C)(C)C)[C@@H](O)[C@H]1F. The molecule has 2 aliphatic rings. The molecule has 0 aliphatic carbocycles. The normalized spacial score (nSPS) is 25.0. The molecule has 4 atom stereocenters. The lowest BCUT2D eigenvalue weighted by Gasteiger charge is -2.34. The second kappa shape index (κ2) is 13.3. The summed E-state index contributed by atoms with van der Waals surface area (Å²) >= 11 is 0. The smallest absolute Gasteiger partial charge is 0.437 e. The molecular weight excluding hydrogens is 572 g/mol. The monoisotopic (exact) mass is 607 g/mol. The second-order valence-corrected chi connectivity index (χ2v) is 12.8. The van der Waals surface area contributed by atoms with Gasteiger partial charge in [0.25, 0.3) is 5.91 Å². The van der Waals surface area contributed by atoms with E-state index in [4.69, 9.17) is 33.3 Å². The molecule has 1 saturated heterocycles. The third kappa shape index (κ3) is 8.97. The quantitative estimate of drug-likeness (QED) is 0.0820. The van der Waals surface area contributed by atoms with Crippen LogP contribution < -0.4 is 5.32 Å². The van der Waals surface area contributed by atoms with E-state index >= 15 is 4.39 Å². The Hall–Kier alpha value is -3.04. The molecule has 0 saturated carbocycles. The van der Waals surface area contributed by atoms with E-state index in [1.165, 1.54) is 6.20 Å². The van der Waals surface area contributed by atoms with Crippen molar-refractivity contribution in [1.82, 2.24) is 10.2 Å². The largest absolute Gasteiger partial charge is 0.480 e. The van der Waals surface area contributed by atoms with Crippen LogP contribution in [0.25, 0.3) is 10.4 Å². The van der Waals surface area contributed by atoms with Crippen molar-refractivity contribution >= 4 is 25.7 Å². The summed E-state index contributed by atoms with van der Waals surface area (Å²) in [6.45, 7) is 9.50. The molecule has 0 aromatic rings. The number of rotatable bonds is 12. The Labute approximate surface area is 235 Å². The fourth-order valence-electron chi connectivity index (χ4n) is 3.23. The van der Waals surface area contributed by atoms with Gasteiger partial charge in [0.05, 0.1) is 24.0 Å². The zero-order valence-corrected chi connectivity index (χ0v) is 24.5. The zero-order valence-electron chi connectivity index (χ0n) is 23.6. The molecule has 1 amide bonds. The van der Waals surface area contributed by atoms with Crippen molar-refractivity contribution in [2.24, 2.45) is 15.9 Å². The fraction of sp³-hybridized carbons (Fsp3) is 0.696. The van der Waals surface area contributed by atoms with Gasteiger partial charge in [-0.05, 0) is 47.1 Å². The number of nitrogens with zero attached hydrogens (tertiary/aromatic N) is 4. The highest BCUT2D eigenvalue weighted by atomic mass is 31.2. The number of hydrogen-bond donors (Lipinski definition) is 2. The molecule has 230 valence electrons. The van der Waals surface area contributed by atoms with Crippen molar-refractivity contribution in [3.8, 4) is 0 Å². The summed E-state index contributed by atoms with van der Waals surface area (Å²) in [6.07, 6.45) is -3.56. The number of alkyl halides is 1. The van der Waals surface area contributed by atoms with Gasteiger partial charge in [-0.2, -0.15) is 0 Å². The molecule has 2 rings (SSSR count). The van der Waals surface area contributed by atoms with Gasteiger partial charge in [0.15, 0.2) is 12.4 Å². The minimum Gasteiger partial charge on any atom is -0.437 e. The predicted octanol–water partition coefficient (Wildman–Crippen LogP) is 2.76. The molecule has 16 nitrogen and oxygen atoms in total. The van der Waals surface area contributed by atoms with Crippen molar-refractivity contribution < 1.29 is 56.2 Å². The number of esters is 2. The van der Waals surface area contributed by atoms with Gasteiger partial charge in [-0.15, -0.1) is 0 Å². The number of phosphoric acid groups is 1. The Morgan fingerprint density at radius 1 is 1.20 bits per heavy atom. The van der Waals surface area contributed by atoms with Gasteiger partial charge in [-0.25, -0.2) is 18.0 Å². The Morgan fingerprint density at radius 3 is 2.20 bits per heavy atom. The summed E-state index contributed by atoms with van der Waals surface area (Å²) in [5.74, 6) is -2.04. The van der Waals surface area contributed by atoms with Gasteiger partial charge in [0.2, 0.25) is 13.6 Å². The van der Waals surface area contributed by atoms with E-state index in [0.717, 1.165) is 11.0 Å². The fourth-order valence-corrected chi connectivity index (χ4v) is 4.19. The van der Waals surface area contributed by atoms with Crippen LogP contribution in [0.1, 0.15) is 41.5 Å². The van der Waals surface area contributed by atoms with Crippen LogP contribution in [-0.2, 0) is 46.7 Å². The number of hydrogen-bond acceptors (Lipinski definition) is 13. The highest BCUT2D eigenvalue weighted by Gasteiger charge is 2.58. The average molecular weight is 608 g/mol. The lowest BCUT2D eigenvalue weighted by atomic mass is 9.97. The summed E-state index contributed by atoms with van der Waals surface area (Å²) < 4.78 is 59.8. The number of nitrogens with one attached hydrogen (secondary N) is 1. The van der Waals surface area contributed by atoms with E-state index in [1.807, 2.05) is 0 Å². The lowest BCUT2D eigenvalue weighted by molar-refractivity contribution is -0.165. The standard InChI is InChI=1S/C23H35FN5O11P/c1-14-27-15(30)8-9-29(14)18-16(24)17(31)23(40-18,10-26-28-25)11-37-41(34,38-12-35-19(32)21(2,3)4)39-13-36-20(33)22(5,6)7/h8-9,16-18,31H,1,10-13H2,2-7H3,(H,27,30)/t16-,17+,18-,23-/m1/s1. The van der Waals surface area contributed by atoms with Crippen LogP contribution in [0, 0.1) is 10.8 Å². The molecular formula is C23H35FN5O11P. The van der Waals surface area contributed by atoms with E-state index in [1.54, 1.807) is 41.5 Å². The van der Waals surface area contributed by atoms with Gasteiger partial charge in [0.1, 0.15) is 17.5 Å². The Bertz CT molecular complexity index is 1110. The van der Waals surface area contributed by atoms with E-state index in [2.05, 4.69) is 21.9 Å². The second-order valence-electron chi connectivity index (χ2n) is 11.1. The molecule has 0 aromatic heterocycles. The van der Waals surface area contributed by atoms with Crippen molar-refractivity contribution in [2.75, 3.05) is 26.7 Å². The number of phosphoric ester groups is 1. The Morgan fingerprint density at radius 2 is 1.73 bits per heavy atom. The van der Waals surface area contributed by atoms with Gasteiger partial charge >= 0.3 is 19.8 Å². The van der Waals surface area contributed by atoms with Crippen molar-refractivity contribution in [1.29, 1.82) is 0 Å². The molecule has 2 heterocycles. The highest BCUT2D eigenvalue weighted by molar-refractivity contribution is 7.48. The minimum atomic E-state index is -4.79. The van der Waals surface area contributed by atoms with Crippen LogP contribution >= 0.6 is 7.82 Å². The zero-order chi connectivity index (χ0) is 31.2. The number of amides is 1. The predicted molar refractivity (Wildman–Crippen MR) is 137 cm³/mol. The van der Waals surface area contributed by atoms with E-state index < -0.39 is 87.3 Å². The lowest BCUT2D eigenvalue weighted by Crippen LogP contribution is -2.48. The highest BCUT2D eigenvalue weighted by Crippen LogP contribution is 2.51. The first-order chi connectivity index (χ1) is 18.8. The minimum absolute atomic E-state index is 0.0727. The molecule has 41 heavy (non-hydrogen) atoms. The van der Waals surface area contributed by atoms with Crippen LogP contribution in [0.2, 0.25) is 0 Å². The molecule has 0 radical (unpaired) electrons. The van der Waals surface area contributed by atoms with Crippen LogP contribution in [-0.4, -0.2) is 78.7 Å². The molecule has 0 spiro atoms. The first-order valence-corrected chi connectivity index (χ1v) is 13.7. The van der Waals surface area contributed by atoms with Crippen molar-refractivity contribution in [2.45, 2.75) is 65.6 Å². The number of ether oxygens (including phenoxy) is 3. The van der Waals surface area contributed by atoms with Gasteiger partial charge in [0, 0.05) is 17.2 Å². The van der Waals surface area contributed by atoms with Gasteiger partial charge < -0.3 is 29.5 Å². The summed E-state index contributed by atoms with van der Waals surface area (Å²) in [5.41, 5.74) is 4.85. The number of halogens is 1. The molecule has 2 aliphatic heterocycles. The molecule has 2 N–H and O–H groups in total. The summed E-state index contributed by atoms with van der Waals surface area (Å²) in [6, 6.07) is 0. The maximum atomic E-state index is 15.3. The van der Waals surface area contributed by atoms with E-state index in [-0.39, 0.29) is 5.82 Å². The number of carbonyl (C=O) groups excluding carboxylic acids is 3. The van der Waals surface area contributed by atoms with Crippen LogP contribution in [0.15, 0.2) is 29.8 Å². The van der Waals surface area contributed by atoms with Crippen molar-refractivity contribution in [3.63, 3.8) is 0 Å². The van der Waals surface area contributed by atoms with Crippen LogP contribution in [0.5, 0.6) is 0 Å². The summed E-state index contributed by atoms with van der Waals surface area (Å²) in [7, 11) is -4.79. The summed E-state index contributed by atoms with van der Waals surface area (Å²) in [5, 5.41) is 16.5. The average Bonchev–Trinajstić information content (AvgIpc) is 3.10. The summed E-state index contributed by atoms with van der Waals surface area (Å²) in [4.78, 5) is 39.4. The van der Waals surface area contributed by atoms with Crippen LogP contribution in [0.4, 0.5) is 4.39 Å². The molecule has 18 heteroatoms. The number of carbonyl (C=O) groups is 3. The maximum Gasteiger partial charge on any atom is 0.480 e. The number of aliphatic hydroxyl groups excluding tert-OH is 1. The molecule has 0 unspecified atom stereocenters. The Balaban J connectivity index is 2.27. The first-order valence-electron chi connectivity index (χ1n) is 12.2. The third-order valence-electron chi connectivity index (χ3n) is 5.60. The van der Waals surface area contributed by atoms with Gasteiger partial charge in [-0.3, -0.25) is 18.9 Å². The van der Waals surface area contributed by atoms with Crippen molar-refractivity contribution in [3.05, 3.63) is 35.1 Å². The van der Waals surface area contributed by atoms with E-state index in [9.17, 15) is 24.1 Å². The van der Waals surface area contributed by atoms with Gasteiger partial charge in [-0.1, -0.05) is 11.7 Å². The molecule has 1 fully saturated rings. The third-order valence-corrected chi connectivity index (χ3v) is 6.89.